The predicted octanol–water partition coefficient (Wildman–Crippen LogP) is 8.44. The molecule has 0 amide bonds. The van der Waals surface area contributed by atoms with E-state index < -0.39 is 5.66 Å². The molecule has 4 N–H and O–H groups in total. The Labute approximate surface area is 291 Å². The first-order valence-electron chi connectivity index (χ1n) is 17.6. The molecule has 2 fully saturated rings. The van der Waals surface area contributed by atoms with Crippen LogP contribution >= 0.6 is 23.2 Å². The first-order chi connectivity index (χ1) is 22.9. The fourth-order valence-corrected chi connectivity index (χ4v) is 11.1. The van der Waals surface area contributed by atoms with Crippen molar-refractivity contribution in [3.05, 3.63) is 85.6 Å². The normalized spacial score (nSPS) is 36.0. The number of nitrogens with zero attached hydrogens (tertiary/aromatic N) is 1. The van der Waals surface area contributed by atoms with E-state index in [1.165, 1.54) is 12.8 Å². The highest BCUT2D eigenvalue weighted by molar-refractivity contribution is 6.37. The molecule has 3 aromatic carbocycles. The van der Waals surface area contributed by atoms with E-state index in [-0.39, 0.29) is 29.2 Å². The Balaban J connectivity index is 1.22. The molecule has 4 aliphatic carbocycles. The molecule has 2 spiro atoms. The first-order valence-corrected chi connectivity index (χ1v) is 18.4. The van der Waals surface area contributed by atoms with Crippen molar-refractivity contribution in [3.8, 4) is 0 Å². The zero-order chi connectivity index (χ0) is 33.3. The Hall–Kier alpha value is -3.32. The summed E-state index contributed by atoms with van der Waals surface area (Å²) in [5.41, 5.74) is 4.10. The van der Waals surface area contributed by atoms with Gasteiger partial charge >= 0.3 is 0 Å². The van der Waals surface area contributed by atoms with Crippen molar-refractivity contribution >= 4 is 62.8 Å². The van der Waals surface area contributed by atoms with E-state index in [9.17, 15) is 9.90 Å². The molecule has 9 rings (SSSR count). The number of hydrogen-bond acceptors (Lipinski definition) is 6. The molecule has 6 nitrogen and oxygen atoms in total. The van der Waals surface area contributed by atoms with Gasteiger partial charge in [-0.1, -0.05) is 75.2 Å². The number of allylic oxidation sites excluding steroid dienone is 1. The molecule has 6 unspecified atom stereocenters. The number of ketones is 1. The molecule has 0 aromatic heterocycles. The molecule has 0 bridgehead atoms. The van der Waals surface area contributed by atoms with Crippen LogP contribution in [0, 0.1) is 29.6 Å². The lowest BCUT2D eigenvalue weighted by molar-refractivity contribution is -0.112. The van der Waals surface area contributed by atoms with E-state index in [4.69, 9.17) is 28.2 Å². The number of carbonyl (C=O) groups excluding carboxylic acids is 1. The lowest BCUT2D eigenvalue weighted by Crippen LogP contribution is -2.61. The van der Waals surface area contributed by atoms with Gasteiger partial charge in [0.15, 0.2) is 5.78 Å². The van der Waals surface area contributed by atoms with E-state index >= 15 is 0 Å². The number of halogens is 2. The van der Waals surface area contributed by atoms with Crippen LogP contribution in [0.15, 0.2) is 58.8 Å². The Morgan fingerprint density at radius 2 is 1.50 bits per heavy atom. The van der Waals surface area contributed by atoms with Crippen LogP contribution in [-0.2, 0) is 4.79 Å². The van der Waals surface area contributed by atoms with Gasteiger partial charge in [0.05, 0.1) is 22.2 Å². The second-order valence-corrected chi connectivity index (χ2v) is 16.9. The van der Waals surface area contributed by atoms with Crippen LogP contribution in [0.3, 0.4) is 0 Å². The lowest BCUT2D eigenvalue weighted by Gasteiger charge is -2.52. The van der Waals surface area contributed by atoms with Crippen LogP contribution < -0.4 is 26.5 Å². The summed E-state index contributed by atoms with van der Waals surface area (Å²) in [6.45, 7) is 9.22. The van der Waals surface area contributed by atoms with Crippen molar-refractivity contribution in [2.45, 2.75) is 83.6 Å². The van der Waals surface area contributed by atoms with Gasteiger partial charge in [-0.3, -0.25) is 15.1 Å². The summed E-state index contributed by atoms with van der Waals surface area (Å²) in [5, 5.41) is 28.2. The number of rotatable bonds is 1. The fraction of sp³-hybridized carbons (Fsp3) is 0.450. The highest BCUT2D eigenvalue weighted by Crippen LogP contribution is 2.52. The standard InChI is InChI=1S/C40H42Cl2N4O2/c1-19-13-20(2)16-39(15-19)43-29-11-9-27(41)23-5-7-25(35(45-39)31(23)29)33-37(47)34(38(33)48)26-8-6-24-28(42)10-12-30-32(24)36(26)46-40(44-30)17-21(3)14-22(4)18-40/h5-12,19-22,25,35,43-45,47H,13-18H2,1-4H3/b34-26+. The van der Waals surface area contributed by atoms with Gasteiger partial charge in [-0.25, -0.2) is 0 Å². The summed E-state index contributed by atoms with van der Waals surface area (Å²) < 4.78 is 0. The maximum Gasteiger partial charge on any atom is 0.197 e. The summed E-state index contributed by atoms with van der Waals surface area (Å²) in [4.78, 5) is 19.9. The maximum absolute atomic E-state index is 14.5. The van der Waals surface area contributed by atoms with Crippen molar-refractivity contribution in [1.82, 2.24) is 5.32 Å². The number of benzene rings is 3. The van der Waals surface area contributed by atoms with E-state index in [2.05, 4.69) is 55.8 Å². The number of nitrogens with one attached hydrogen (secondary N) is 3. The topological polar surface area (TPSA) is 85.8 Å². The number of aliphatic hydroxyl groups excluding tert-OH is 1. The first kappa shape index (κ1) is 30.7. The SMILES string of the molecule is CC1CC(C)CC2(C1)N=c1/c(=C3/C(=O)C(C4C=Cc5c(Cl)ccc6c5C4NC4(CC(C)CC(C)C4)N6)=C3O)ccc3c(Cl)ccc(c13)N2. The van der Waals surface area contributed by atoms with Gasteiger partial charge < -0.3 is 15.7 Å². The van der Waals surface area contributed by atoms with E-state index in [1.807, 2.05) is 36.4 Å². The summed E-state index contributed by atoms with van der Waals surface area (Å²) in [6.07, 6.45) is 10.2. The zero-order valence-electron chi connectivity index (χ0n) is 27.9. The van der Waals surface area contributed by atoms with Gasteiger partial charge in [-0.15, -0.1) is 0 Å². The van der Waals surface area contributed by atoms with E-state index in [0.717, 1.165) is 64.3 Å². The molecule has 248 valence electrons. The molecule has 6 atom stereocenters. The van der Waals surface area contributed by atoms with Crippen LogP contribution in [0.2, 0.25) is 10.0 Å². The maximum atomic E-state index is 14.5. The van der Waals surface area contributed by atoms with Gasteiger partial charge in [0.1, 0.15) is 11.4 Å². The van der Waals surface area contributed by atoms with Gasteiger partial charge in [-0.2, -0.15) is 0 Å². The van der Waals surface area contributed by atoms with Crippen molar-refractivity contribution in [1.29, 1.82) is 0 Å². The smallest absolute Gasteiger partial charge is 0.197 e. The molecular formula is C40H42Cl2N4O2. The number of hydrogen-bond donors (Lipinski definition) is 4. The number of aliphatic hydroxyl groups is 1. The highest BCUT2D eigenvalue weighted by atomic mass is 35.5. The van der Waals surface area contributed by atoms with Crippen molar-refractivity contribution in [2.24, 2.45) is 34.6 Å². The minimum Gasteiger partial charge on any atom is -0.507 e. The fourth-order valence-electron chi connectivity index (χ4n) is 10.6. The van der Waals surface area contributed by atoms with Gasteiger partial charge in [0, 0.05) is 54.9 Å². The van der Waals surface area contributed by atoms with E-state index in [1.54, 1.807) is 0 Å². The Morgan fingerprint density at radius 3 is 2.21 bits per heavy atom. The van der Waals surface area contributed by atoms with Gasteiger partial charge in [-0.05, 0) is 92.0 Å². The van der Waals surface area contributed by atoms with Crippen molar-refractivity contribution < 1.29 is 9.90 Å². The van der Waals surface area contributed by atoms with Gasteiger partial charge in [0.25, 0.3) is 0 Å². The molecule has 2 aliphatic heterocycles. The summed E-state index contributed by atoms with van der Waals surface area (Å²) in [6, 6.07) is 11.7. The Morgan fingerprint density at radius 1 is 0.833 bits per heavy atom. The molecule has 48 heavy (non-hydrogen) atoms. The molecule has 0 saturated heterocycles. The summed E-state index contributed by atoms with van der Waals surface area (Å²) >= 11 is 13.5. The van der Waals surface area contributed by atoms with Crippen LogP contribution in [0.5, 0.6) is 0 Å². The number of carbonyl (C=O) groups is 1. The lowest BCUT2D eigenvalue weighted by atomic mass is 9.68. The average Bonchev–Trinajstić information content (AvgIpc) is 3.01. The Kier molecular flexibility index (Phi) is 6.78. The average molecular weight is 682 g/mol. The number of Topliss-reactive ketones (excluding diaryl/α,β-unsaturated/α-hetero) is 1. The largest absolute Gasteiger partial charge is 0.507 e. The number of anilines is 2. The van der Waals surface area contributed by atoms with Crippen molar-refractivity contribution in [2.75, 3.05) is 10.6 Å². The van der Waals surface area contributed by atoms with E-state index in [0.29, 0.717) is 50.1 Å². The quantitative estimate of drug-likeness (QED) is 0.207. The molecule has 8 heteroatoms. The predicted molar refractivity (Wildman–Crippen MR) is 195 cm³/mol. The highest BCUT2D eigenvalue weighted by Gasteiger charge is 2.50. The van der Waals surface area contributed by atoms with Gasteiger partial charge in [0.2, 0.25) is 0 Å². The molecular weight excluding hydrogens is 639 g/mol. The molecule has 2 saturated carbocycles. The molecule has 3 aromatic rings. The third kappa shape index (κ3) is 4.48. The summed E-state index contributed by atoms with van der Waals surface area (Å²) in [7, 11) is 0. The van der Waals surface area contributed by atoms with Crippen LogP contribution in [0.4, 0.5) is 11.4 Å². The minimum absolute atomic E-state index is 0.0637. The van der Waals surface area contributed by atoms with Crippen molar-refractivity contribution in [3.63, 3.8) is 0 Å². The Bertz CT molecular complexity index is 2120. The summed E-state index contributed by atoms with van der Waals surface area (Å²) in [5.74, 6) is 1.72. The van der Waals surface area contributed by atoms with Crippen LogP contribution in [0.25, 0.3) is 22.4 Å². The second-order valence-electron chi connectivity index (χ2n) is 16.1. The zero-order valence-corrected chi connectivity index (χ0v) is 29.4. The molecule has 6 aliphatic rings. The van der Waals surface area contributed by atoms with Crippen LogP contribution in [-0.4, -0.2) is 22.2 Å². The second kappa shape index (κ2) is 10.6. The molecule has 0 radical (unpaired) electrons. The third-order valence-electron chi connectivity index (χ3n) is 11.9. The van der Waals surface area contributed by atoms with Crippen LogP contribution in [0.1, 0.15) is 83.4 Å². The molecule has 2 heterocycles. The monoisotopic (exact) mass is 680 g/mol. The third-order valence-corrected chi connectivity index (χ3v) is 12.6. The minimum atomic E-state index is -0.469.